The number of likely N-dealkylation sites (tertiary alicyclic amines) is 1. The molecule has 2 atom stereocenters. The summed E-state index contributed by atoms with van der Waals surface area (Å²) in [5.74, 6) is 0. The molecule has 0 aromatic heterocycles. The van der Waals surface area contributed by atoms with Crippen LogP contribution < -0.4 is 10.6 Å². The lowest BCUT2D eigenvalue weighted by Crippen LogP contribution is -2.50. The number of benzene rings is 2. The zero-order valence-electron chi connectivity index (χ0n) is 26.2. The summed E-state index contributed by atoms with van der Waals surface area (Å²) >= 11 is 6.26. The van der Waals surface area contributed by atoms with Crippen LogP contribution in [0.4, 0.5) is 4.79 Å². The average molecular weight is 620 g/mol. The van der Waals surface area contributed by atoms with Gasteiger partial charge in [0.05, 0.1) is 25.3 Å². The van der Waals surface area contributed by atoms with Gasteiger partial charge in [0.1, 0.15) is 0 Å². The molecule has 2 aromatic rings. The van der Waals surface area contributed by atoms with Gasteiger partial charge in [-0.3, -0.25) is 4.90 Å². The highest BCUT2D eigenvalue weighted by Crippen LogP contribution is 2.47. The number of hydrogen-bond acceptors (Lipinski definition) is 5. The van der Waals surface area contributed by atoms with Crippen molar-refractivity contribution >= 4 is 51.4 Å². The number of amides is 1. The second kappa shape index (κ2) is 12.5. The fraction of sp³-hybridized carbons (Fsp3) is 0.581. The first-order chi connectivity index (χ1) is 18.4. The van der Waals surface area contributed by atoms with Gasteiger partial charge in [-0.15, -0.1) is 0 Å². The van der Waals surface area contributed by atoms with E-state index in [4.69, 9.17) is 25.2 Å². The van der Waals surface area contributed by atoms with Gasteiger partial charge in [-0.25, -0.2) is 4.79 Å². The van der Waals surface area contributed by atoms with Crippen molar-refractivity contribution in [1.29, 1.82) is 0 Å². The molecule has 1 aliphatic rings. The predicted molar refractivity (Wildman–Crippen MR) is 178 cm³/mol. The first-order valence-electron chi connectivity index (χ1n) is 14.4. The maximum Gasteiger partial charge on any atom is 0.414 e. The molecule has 0 aliphatic carbocycles. The zero-order chi connectivity index (χ0) is 30.0. The molecule has 0 spiro atoms. The van der Waals surface area contributed by atoms with E-state index in [0.29, 0.717) is 13.2 Å². The van der Waals surface area contributed by atoms with Gasteiger partial charge in [-0.2, -0.15) is 0 Å². The first kappa shape index (κ1) is 33.2. The van der Waals surface area contributed by atoms with Crippen LogP contribution in [0.1, 0.15) is 54.4 Å². The molecule has 40 heavy (non-hydrogen) atoms. The Labute approximate surface area is 250 Å². The summed E-state index contributed by atoms with van der Waals surface area (Å²) < 4.78 is 19.8. The van der Waals surface area contributed by atoms with Crippen LogP contribution in [0.15, 0.2) is 60.7 Å². The molecule has 9 heteroatoms. The third kappa shape index (κ3) is 7.56. The molecule has 1 amide bonds. The highest BCUT2D eigenvalue weighted by molar-refractivity contribution is 8.19. The predicted octanol–water partition coefficient (Wildman–Crippen LogP) is 8.05. The summed E-state index contributed by atoms with van der Waals surface area (Å²) in [7, 11) is -4.00. The van der Waals surface area contributed by atoms with Gasteiger partial charge in [0, 0.05) is 10.6 Å². The Morgan fingerprint density at radius 2 is 1.12 bits per heavy atom. The molecule has 1 heterocycles. The second-order valence-corrected chi connectivity index (χ2v) is 27.5. The van der Waals surface area contributed by atoms with E-state index in [1.807, 2.05) is 65.6 Å². The molecule has 1 fully saturated rings. The molecule has 0 saturated carbocycles. The molecule has 5 nitrogen and oxygen atoms in total. The Hall–Kier alpha value is -1.29. The van der Waals surface area contributed by atoms with Crippen LogP contribution in [0.3, 0.4) is 0 Å². The van der Waals surface area contributed by atoms with Crippen molar-refractivity contribution in [3.8, 4) is 0 Å². The van der Waals surface area contributed by atoms with Crippen LogP contribution in [-0.4, -0.2) is 52.9 Å². The highest BCUT2D eigenvalue weighted by Gasteiger charge is 2.45. The fourth-order valence-electron chi connectivity index (χ4n) is 4.29. The fourth-order valence-corrected chi connectivity index (χ4v) is 9.25. The standard InChI is InChI=1S/C31H50NO4PSSi2/c1-30(2,3)39(7,8)34-23-25-21-22-26(24-35-40(9,10)31(4,5)6)32(25)29(33)36-37(38,27-17-13-11-14-18-27)28-19-15-12-16-20-28/h11-20,25-26H,21-24H2,1-10H3/t25-,26-/m1/s1. The third-order valence-electron chi connectivity index (χ3n) is 9.12. The number of carbonyl (C=O) groups is 1. The zero-order valence-corrected chi connectivity index (χ0v) is 29.9. The van der Waals surface area contributed by atoms with E-state index in [-0.39, 0.29) is 28.3 Å². The second-order valence-electron chi connectivity index (χ2n) is 14.0. The molecule has 0 bridgehead atoms. The molecule has 0 N–H and O–H groups in total. The maximum absolute atomic E-state index is 14.2. The maximum atomic E-state index is 14.2. The number of nitrogens with zero attached hydrogens (tertiary/aromatic N) is 1. The molecule has 2 aromatic carbocycles. The summed E-state index contributed by atoms with van der Waals surface area (Å²) in [6.45, 7) is 23.5. The number of rotatable bonds is 9. The first-order valence-corrected chi connectivity index (χ1v) is 22.9. The molecule has 0 radical (unpaired) electrons. The summed E-state index contributed by atoms with van der Waals surface area (Å²) in [6, 6.07) is 19.5. The van der Waals surface area contributed by atoms with Crippen molar-refractivity contribution in [2.45, 2.75) is 103 Å². The van der Waals surface area contributed by atoms with Crippen LogP contribution in [-0.2, 0) is 25.2 Å². The molecule has 1 saturated heterocycles. The van der Waals surface area contributed by atoms with Crippen LogP contribution in [0.5, 0.6) is 0 Å². The van der Waals surface area contributed by atoms with E-state index in [1.165, 1.54) is 0 Å². The molecular formula is C31H50NO4PSSi2. The van der Waals surface area contributed by atoms with E-state index in [1.54, 1.807) is 0 Å². The summed E-state index contributed by atoms with van der Waals surface area (Å²) in [5.41, 5.74) is 0. The summed E-state index contributed by atoms with van der Waals surface area (Å²) in [4.78, 5) is 16.2. The van der Waals surface area contributed by atoms with Gasteiger partial charge in [0.25, 0.3) is 0 Å². The van der Waals surface area contributed by atoms with E-state index in [2.05, 4.69) is 67.7 Å². The van der Waals surface area contributed by atoms with E-state index in [9.17, 15) is 4.79 Å². The smallest absolute Gasteiger partial charge is 0.414 e. The largest absolute Gasteiger partial charge is 0.415 e. The summed E-state index contributed by atoms with van der Waals surface area (Å²) in [6.07, 6.45) is -1.51. The van der Waals surface area contributed by atoms with Gasteiger partial charge >= 0.3 is 6.09 Å². The van der Waals surface area contributed by atoms with Crippen LogP contribution in [0.2, 0.25) is 36.3 Å². The lowest BCUT2D eigenvalue weighted by molar-refractivity contribution is 0.0930. The van der Waals surface area contributed by atoms with Crippen molar-refractivity contribution in [1.82, 2.24) is 4.90 Å². The average Bonchev–Trinajstić information content (AvgIpc) is 3.29. The Morgan fingerprint density at radius 3 is 1.45 bits per heavy atom. The normalized spacial score (nSPS) is 19.1. The van der Waals surface area contributed by atoms with Crippen molar-refractivity contribution in [2.75, 3.05) is 13.2 Å². The Kier molecular flexibility index (Phi) is 10.4. The Bertz CT molecular complexity index is 1100. The minimum absolute atomic E-state index is 0.0790. The molecule has 0 unspecified atom stereocenters. The molecule has 1 aliphatic heterocycles. The van der Waals surface area contributed by atoms with Gasteiger partial charge in [-0.1, -0.05) is 102 Å². The Morgan fingerprint density at radius 1 is 0.775 bits per heavy atom. The quantitative estimate of drug-likeness (QED) is 0.210. The molecular weight excluding hydrogens is 570 g/mol. The van der Waals surface area contributed by atoms with Gasteiger partial charge < -0.3 is 13.4 Å². The van der Waals surface area contributed by atoms with Crippen molar-refractivity contribution in [2.24, 2.45) is 0 Å². The summed E-state index contributed by atoms with van der Waals surface area (Å²) in [5, 5.41) is 1.91. The van der Waals surface area contributed by atoms with Crippen LogP contribution in [0, 0.1) is 0 Å². The van der Waals surface area contributed by atoms with Gasteiger partial charge in [-0.05, 0) is 60.9 Å². The van der Waals surface area contributed by atoms with Gasteiger partial charge in [0.15, 0.2) is 22.9 Å². The minimum atomic E-state index is -2.86. The molecule has 3 rings (SSSR count). The topological polar surface area (TPSA) is 48.0 Å². The van der Waals surface area contributed by atoms with Crippen molar-refractivity contribution in [3.05, 3.63) is 60.7 Å². The lowest BCUT2D eigenvalue weighted by Gasteiger charge is -2.40. The van der Waals surface area contributed by atoms with Gasteiger partial charge in [0.2, 0.25) is 0 Å². The minimum Gasteiger partial charge on any atom is -0.415 e. The number of hydrogen-bond donors (Lipinski definition) is 0. The van der Waals surface area contributed by atoms with Crippen LogP contribution in [0.25, 0.3) is 0 Å². The third-order valence-corrected chi connectivity index (χ3v) is 22.0. The molecule has 222 valence electrons. The number of carbonyl (C=O) groups excluding carboxylic acids is 1. The lowest BCUT2D eigenvalue weighted by atomic mass is 10.2. The van der Waals surface area contributed by atoms with E-state index >= 15 is 0 Å². The van der Waals surface area contributed by atoms with Crippen LogP contribution >= 0.6 is 6.26 Å². The van der Waals surface area contributed by atoms with Crippen molar-refractivity contribution < 1.29 is 18.2 Å². The van der Waals surface area contributed by atoms with Crippen molar-refractivity contribution in [3.63, 3.8) is 0 Å². The highest BCUT2D eigenvalue weighted by atomic mass is 32.4. The van der Waals surface area contributed by atoms with E-state index in [0.717, 1.165) is 23.5 Å². The monoisotopic (exact) mass is 619 g/mol. The SMILES string of the molecule is CC(C)(C)[Si](C)(C)OC[C@H]1CC[C@H](CO[Si](C)(C)C(C)(C)C)N1C(=O)OP(=S)(c1ccccc1)c1ccccc1. The van der Waals surface area contributed by atoms with E-state index < -0.39 is 22.9 Å². The Balaban J connectivity index is 1.93.